The molecule has 1 amide bonds. The van der Waals surface area contributed by atoms with Crippen LogP contribution in [0.4, 0.5) is 9.59 Å². The molecule has 12 heteroatoms. The maximum Gasteiger partial charge on any atom is 0.435 e. The molecule has 0 radical (unpaired) electrons. The van der Waals surface area contributed by atoms with Gasteiger partial charge in [-0.3, -0.25) is 4.68 Å². The van der Waals surface area contributed by atoms with E-state index in [1.54, 1.807) is 45.0 Å². The van der Waals surface area contributed by atoms with Crippen LogP contribution >= 0.6 is 0 Å². The molecule has 0 bridgehead atoms. The summed E-state index contributed by atoms with van der Waals surface area (Å²) < 4.78 is 20.1. The van der Waals surface area contributed by atoms with Crippen molar-refractivity contribution in [2.45, 2.75) is 84.0 Å². The van der Waals surface area contributed by atoms with Crippen LogP contribution in [-0.4, -0.2) is 73.0 Å². The van der Waals surface area contributed by atoms with E-state index in [0.29, 0.717) is 46.8 Å². The fourth-order valence-electron chi connectivity index (χ4n) is 6.13. The second kappa shape index (κ2) is 11.5. The molecule has 1 aromatic carbocycles. The molecule has 3 aromatic heterocycles. The maximum atomic E-state index is 13.4. The Morgan fingerprint density at radius 2 is 1.76 bits per heavy atom. The van der Waals surface area contributed by atoms with E-state index >= 15 is 0 Å². The van der Waals surface area contributed by atoms with Crippen LogP contribution in [0.3, 0.4) is 0 Å². The van der Waals surface area contributed by atoms with Crippen LogP contribution in [0.2, 0.25) is 0 Å². The average molecular weight is 626 g/mol. The Balaban J connectivity index is 1.43. The first-order chi connectivity index (χ1) is 21.8. The third-order valence-electron chi connectivity index (χ3n) is 8.15. The molecular weight excluding hydrogens is 586 g/mol. The molecular formula is C34H39N7O5. The minimum absolute atomic E-state index is 0.0518. The first-order valence-electron chi connectivity index (χ1n) is 15.5. The first kappa shape index (κ1) is 31.1. The first-order valence-corrected chi connectivity index (χ1v) is 15.5. The Labute approximate surface area is 267 Å². The summed E-state index contributed by atoms with van der Waals surface area (Å²) in [5.74, 6) is 0.310. The van der Waals surface area contributed by atoms with Crippen LogP contribution in [-0.2, 0) is 15.9 Å². The highest BCUT2D eigenvalue weighted by Crippen LogP contribution is 2.42. The largest absolute Gasteiger partial charge is 0.494 e. The molecule has 6 rings (SSSR count). The zero-order valence-corrected chi connectivity index (χ0v) is 27.3. The maximum absolute atomic E-state index is 13.4. The van der Waals surface area contributed by atoms with Gasteiger partial charge in [0.05, 0.1) is 31.3 Å². The van der Waals surface area contributed by atoms with Gasteiger partial charge >= 0.3 is 12.2 Å². The van der Waals surface area contributed by atoms with E-state index in [1.165, 1.54) is 4.68 Å². The second-order valence-electron chi connectivity index (χ2n) is 13.8. The van der Waals surface area contributed by atoms with E-state index in [4.69, 9.17) is 24.3 Å². The van der Waals surface area contributed by atoms with Crippen molar-refractivity contribution in [1.82, 2.24) is 29.4 Å². The predicted molar refractivity (Wildman–Crippen MR) is 171 cm³/mol. The molecule has 1 unspecified atom stereocenters. The quantitative estimate of drug-likeness (QED) is 0.249. The number of benzene rings is 1. The topological polar surface area (TPSA) is 137 Å². The number of fused-ring (bicyclic) bond motifs is 2. The molecule has 1 aliphatic heterocycles. The predicted octanol–water partition coefficient (Wildman–Crippen LogP) is 6.49. The number of pyridine rings is 1. The highest BCUT2D eigenvalue weighted by molar-refractivity contribution is 5.97. The number of likely N-dealkylation sites (tertiary alicyclic amines) is 1. The number of hydrogen-bond donors (Lipinski definition) is 0. The molecule has 2 aliphatic rings. The molecule has 240 valence electrons. The van der Waals surface area contributed by atoms with Gasteiger partial charge in [-0.25, -0.2) is 14.6 Å². The Morgan fingerprint density at radius 3 is 2.46 bits per heavy atom. The lowest BCUT2D eigenvalue weighted by Crippen LogP contribution is -2.35. The summed E-state index contributed by atoms with van der Waals surface area (Å²) in [6.07, 6.45) is 4.80. The molecule has 46 heavy (non-hydrogen) atoms. The summed E-state index contributed by atoms with van der Waals surface area (Å²) in [5, 5.41) is 19.1. The number of hydrogen-bond acceptors (Lipinski definition) is 9. The summed E-state index contributed by atoms with van der Waals surface area (Å²) in [4.78, 5) is 32.9. The fourth-order valence-corrected chi connectivity index (χ4v) is 6.13. The number of amides is 1. The number of nitriles is 1. The number of methoxy groups -OCH3 is 1. The monoisotopic (exact) mass is 625 g/mol. The Kier molecular flexibility index (Phi) is 7.74. The Morgan fingerprint density at radius 1 is 1.02 bits per heavy atom. The molecule has 12 nitrogen and oxygen atoms in total. The lowest BCUT2D eigenvalue weighted by molar-refractivity contribution is 0.0288. The Bertz CT molecular complexity index is 1870. The van der Waals surface area contributed by atoms with Gasteiger partial charge in [-0.1, -0.05) is 18.2 Å². The molecule has 1 fully saturated rings. The number of carbonyl (C=O) groups excluding carboxylic acids is 2. The van der Waals surface area contributed by atoms with Crippen LogP contribution in [0.5, 0.6) is 5.75 Å². The zero-order chi connectivity index (χ0) is 33.0. The normalized spacial score (nSPS) is 18.0. The average Bonchev–Trinajstić information content (AvgIpc) is 3.78. The summed E-state index contributed by atoms with van der Waals surface area (Å²) in [7, 11) is 1.56. The highest BCUT2D eigenvalue weighted by Gasteiger charge is 2.33. The van der Waals surface area contributed by atoms with Crippen molar-refractivity contribution in [3.8, 4) is 34.3 Å². The van der Waals surface area contributed by atoms with Crippen LogP contribution in [0.25, 0.3) is 33.5 Å². The molecule has 0 spiro atoms. The van der Waals surface area contributed by atoms with E-state index < -0.39 is 17.3 Å². The fraction of sp³-hybridized carbons (Fsp3) is 0.471. The number of aromatic nitrogens is 5. The van der Waals surface area contributed by atoms with Gasteiger partial charge < -0.3 is 19.1 Å². The number of rotatable bonds is 4. The minimum Gasteiger partial charge on any atom is -0.494 e. The number of ether oxygens (including phenoxy) is 3. The molecule has 4 heterocycles. The minimum atomic E-state index is -0.748. The molecule has 1 saturated heterocycles. The standard InChI is InChI=1S/C34H39N7O5/c1-33(2,3)45-31(42)39-14-13-22(19-39)40-18-21(17-36-40)28-30-26(41(38-28)32(43)46-34(4,5)6)15-27(44-7)29(37-30)25-10-8-9-23-20(16-35)11-12-24(23)25/h8-10,15,17-18,20,22H,11-14,19H2,1-7H3/t20?,22-/m0/s1. The van der Waals surface area contributed by atoms with Gasteiger partial charge in [0.2, 0.25) is 0 Å². The summed E-state index contributed by atoms with van der Waals surface area (Å²) in [6, 6.07) is 10.0. The van der Waals surface area contributed by atoms with Gasteiger partial charge in [0.15, 0.2) is 0 Å². The van der Waals surface area contributed by atoms with Gasteiger partial charge in [-0.15, -0.1) is 0 Å². The van der Waals surface area contributed by atoms with Crippen LogP contribution in [0.1, 0.15) is 77.5 Å². The van der Waals surface area contributed by atoms with Crippen molar-refractivity contribution in [2.24, 2.45) is 0 Å². The van der Waals surface area contributed by atoms with Crippen LogP contribution in [0.15, 0.2) is 36.7 Å². The van der Waals surface area contributed by atoms with Gasteiger partial charge in [0.1, 0.15) is 39.4 Å². The SMILES string of the molecule is COc1cc2c(nc1-c1cccc3c1CCC3C#N)c(-c1cnn([C@H]3CCN(C(=O)OC(C)(C)C)C3)c1)nn2C(=O)OC(C)(C)C. The highest BCUT2D eigenvalue weighted by atomic mass is 16.6. The van der Waals surface area contributed by atoms with Crippen molar-refractivity contribution in [3.05, 3.63) is 47.8 Å². The number of carbonyl (C=O) groups is 2. The summed E-state index contributed by atoms with van der Waals surface area (Å²) in [6.45, 7) is 12.0. The van der Waals surface area contributed by atoms with E-state index in [2.05, 4.69) is 11.2 Å². The van der Waals surface area contributed by atoms with Crippen molar-refractivity contribution >= 4 is 23.2 Å². The molecule has 2 atom stereocenters. The van der Waals surface area contributed by atoms with E-state index in [-0.39, 0.29) is 18.1 Å². The number of nitrogens with zero attached hydrogens (tertiary/aromatic N) is 7. The third-order valence-corrected chi connectivity index (χ3v) is 8.15. The molecule has 0 saturated carbocycles. The lowest BCUT2D eigenvalue weighted by atomic mass is 9.97. The van der Waals surface area contributed by atoms with E-state index in [0.717, 1.165) is 36.0 Å². The van der Waals surface area contributed by atoms with Crippen LogP contribution in [0, 0.1) is 11.3 Å². The van der Waals surface area contributed by atoms with Gasteiger partial charge in [0, 0.05) is 36.5 Å². The lowest BCUT2D eigenvalue weighted by Gasteiger charge is -2.24. The van der Waals surface area contributed by atoms with Gasteiger partial charge in [-0.05, 0) is 71.9 Å². The second-order valence-corrected chi connectivity index (χ2v) is 13.8. The van der Waals surface area contributed by atoms with Crippen LogP contribution < -0.4 is 4.74 Å². The molecule has 0 N–H and O–H groups in total. The molecule has 1 aliphatic carbocycles. The Hall–Kier alpha value is -4.92. The van der Waals surface area contributed by atoms with Gasteiger partial charge in [-0.2, -0.15) is 20.1 Å². The summed E-state index contributed by atoms with van der Waals surface area (Å²) >= 11 is 0. The van der Waals surface area contributed by atoms with Crippen molar-refractivity contribution in [3.63, 3.8) is 0 Å². The van der Waals surface area contributed by atoms with E-state index in [9.17, 15) is 14.9 Å². The third kappa shape index (κ3) is 5.89. The van der Waals surface area contributed by atoms with Crippen molar-refractivity contribution in [1.29, 1.82) is 5.26 Å². The molecule has 4 aromatic rings. The smallest absolute Gasteiger partial charge is 0.435 e. The van der Waals surface area contributed by atoms with Crippen molar-refractivity contribution in [2.75, 3.05) is 20.2 Å². The van der Waals surface area contributed by atoms with Crippen molar-refractivity contribution < 1.29 is 23.8 Å². The summed E-state index contributed by atoms with van der Waals surface area (Å²) in [5.41, 5.74) is 4.27. The van der Waals surface area contributed by atoms with E-state index in [1.807, 2.05) is 49.8 Å². The zero-order valence-electron chi connectivity index (χ0n) is 27.3. The van der Waals surface area contributed by atoms with Gasteiger partial charge in [0.25, 0.3) is 0 Å².